The summed E-state index contributed by atoms with van der Waals surface area (Å²) in [5.74, 6) is 0.283. The second-order valence-electron chi connectivity index (χ2n) is 11.1. The van der Waals surface area contributed by atoms with E-state index in [9.17, 15) is 25.2 Å². The Kier molecular flexibility index (Phi) is 8.39. The molecule has 0 spiro atoms. The highest BCUT2D eigenvalue weighted by Crippen LogP contribution is 2.55. The summed E-state index contributed by atoms with van der Waals surface area (Å²) in [6, 6.07) is 18.9. The maximum absolute atomic E-state index is 13.6. The smallest absolute Gasteiger partial charge is 0.170 e. The molecule has 5 rings (SSSR count). The van der Waals surface area contributed by atoms with Crippen LogP contribution in [-0.4, -0.2) is 40.4 Å². The van der Waals surface area contributed by atoms with E-state index in [1.54, 1.807) is 25.3 Å². The predicted octanol–water partition coefficient (Wildman–Crippen LogP) is 7.41. The highest BCUT2D eigenvalue weighted by atomic mass is 16.5. The molecule has 8 heteroatoms. The maximum atomic E-state index is 13.6. The summed E-state index contributed by atoms with van der Waals surface area (Å²) < 4.78 is 16.9. The van der Waals surface area contributed by atoms with Crippen LogP contribution in [-0.2, 0) is 6.42 Å². The van der Waals surface area contributed by atoms with Crippen LogP contribution in [0.4, 0.5) is 0 Å². The van der Waals surface area contributed by atoms with Crippen LogP contribution in [0.2, 0.25) is 0 Å². The van der Waals surface area contributed by atoms with Gasteiger partial charge in [0, 0.05) is 35.6 Å². The van der Waals surface area contributed by atoms with Crippen LogP contribution in [0.3, 0.4) is 0 Å². The van der Waals surface area contributed by atoms with Gasteiger partial charge in [-0.15, -0.1) is 0 Å². The fourth-order valence-electron chi connectivity index (χ4n) is 5.80. The molecule has 0 aromatic heterocycles. The Labute approximate surface area is 250 Å². The number of ketones is 1. The van der Waals surface area contributed by atoms with Crippen molar-refractivity contribution in [2.75, 3.05) is 14.2 Å². The van der Waals surface area contributed by atoms with E-state index in [-0.39, 0.29) is 58.4 Å². The van der Waals surface area contributed by atoms with Gasteiger partial charge in [0.2, 0.25) is 0 Å². The summed E-state index contributed by atoms with van der Waals surface area (Å²) in [6.45, 7) is 4.18. The number of Topliss-reactive ketones (excluding diaryl/α,β-unsaturated/α-hetero) is 1. The number of ether oxygens (including phenoxy) is 3. The van der Waals surface area contributed by atoms with Crippen molar-refractivity contribution in [2.45, 2.75) is 44.9 Å². The standard InChI is InChI=1S/C35H36O8/c1-19(20(2)22-8-10-23(36)11-9-22)15-26-25-16-28(38)29(39)17-30(25)43-32-18-31(42-4)34(35(40)33(26)32)27(37)14-7-21-5-12-24(41-3)13-6-21/h5-6,8-13,16-20,26,36,38-40H,7,14-15H2,1-4H3. The molecular weight excluding hydrogens is 548 g/mol. The van der Waals surface area contributed by atoms with Gasteiger partial charge in [0.25, 0.3) is 0 Å². The number of carbonyl (C=O) groups excluding carboxylic acids is 1. The van der Waals surface area contributed by atoms with Crippen molar-refractivity contribution in [2.24, 2.45) is 5.92 Å². The lowest BCUT2D eigenvalue weighted by Gasteiger charge is -2.33. The Morgan fingerprint density at radius 1 is 0.860 bits per heavy atom. The van der Waals surface area contributed by atoms with Crippen LogP contribution in [0.5, 0.6) is 46.0 Å². The van der Waals surface area contributed by atoms with E-state index in [4.69, 9.17) is 14.2 Å². The molecule has 4 aromatic rings. The molecule has 43 heavy (non-hydrogen) atoms. The highest BCUT2D eigenvalue weighted by Gasteiger charge is 2.36. The van der Waals surface area contributed by atoms with Gasteiger partial charge in [0.1, 0.15) is 40.1 Å². The Morgan fingerprint density at radius 2 is 1.53 bits per heavy atom. The van der Waals surface area contributed by atoms with Gasteiger partial charge in [-0.3, -0.25) is 4.79 Å². The molecular formula is C35H36O8. The number of fused-ring (bicyclic) bond motifs is 2. The third kappa shape index (κ3) is 5.91. The van der Waals surface area contributed by atoms with Crippen LogP contribution in [0, 0.1) is 5.92 Å². The van der Waals surface area contributed by atoms with Crippen molar-refractivity contribution in [3.8, 4) is 46.0 Å². The van der Waals surface area contributed by atoms with Gasteiger partial charge in [0.15, 0.2) is 17.3 Å². The zero-order valence-corrected chi connectivity index (χ0v) is 24.6. The van der Waals surface area contributed by atoms with Crippen molar-refractivity contribution in [1.29, 1.82) is 0 Å². The van der Waals surface area contributed by atoms with Crippen molar-refractivity contribution in [3.05, 3.63) is 94.5 Å². The quantitative estimate of drug-likeness (QED) is 0.112. The molecule has 224 valence electrons. The van der Waals surface area contributed by atoms with Crippen LogP contribution < -0.4 is 14.2 Å². The zero-order chi connectivity index (χ0) is 30.8. The first kappa shape index (κ1) is 29.6. The molecule has 0 amide bonds. The molecule has 0 bridgehead atoms. The molecule has 4 aromatic carbocycles. The topological polar surface area (TPSA) is 126 Å². The number of aryl methyl sites for hydroxylation is 1. The third-order valence-electron chi connectivity index (χ3n) is 8.50. The molecule has 1 aliphatic rings. The minimum Gasteiger partial charge on any atom is -0.508 e. The number of phenols is 4. The average Bonchev–Trinajstić information content (AvgIpc) is 3.00. The number of carbonyl (C=O) groups is 1. The number of hydrogen-bond donors (Lipinski definition) is 4. The molecule has 3 unspecified atom stereocenters. The summed E-state index contributed by atoms with van der Waals surface area (Å²) in [7, 11) is 3.03. The molecule has 0 saturated carbocycles. The van der Waals surface area contributed by atoms with E-state index in [2.05, 4.69) is 13.8 Å². The summed E-state index contributed by atoms with van der Waals surface area (Å²) in [5.41, 5.74) is 3.09. The van der Waals surface area contributed by atoms with Gasteiger partial charge in [-0.05, 0) is 66.1 Å². The van der Waals surface area contributed by atoms with Crippen LogP contribution in [0.1, 0.15) is 71.1 Å². The lowest BCUT2D eigenvalue weighted by Crippen LogP contribution is -2.18. The molecule has 1 heterocycles. The fourth-order valence-corrected chi connectivity index (χ4v) is 5.80. The zero-order valence-electron chi connectivity index (χ0n) is 24.6. The fraction of sp³-hybridized carbons (Fsp3) is 0.286. The van der Waals surface area contributed by atoms with Gasteiger partial charge in [0.05, 0.1) is 14.2 Å². The SMILES string of the molecule is COc1ccc(CCC(=O)c2c(OC)cc3c(c2O)C(CC(C)C(C)c2ccc(O)cc2)c2cc(O)c(O)cc2O3)cc1. The molecule has 1 aliphatic heterocycles. The molecule has 8 nitrogen and oxygen atoms in total. The molecule has 0 saturated heterocycles. The molecule has 0 fully saturated rings. The first-order valence-electron chi connectivity index (χ1n) is 14.2. The van der Waals surface area contributed by atoms with Gasteiger partial charge in [-0.1, -0.05) is 38.1 Å². The number of benzene rings is 4. The lowest BCUT2D eigenvalue weighted by atomic mass is 9.76. The van der Waals surface area contributed by atoms with Gasteiger partial charge >= 0.3 is 0 Å². The Hall–Kier alpha value is -4.85. The number of methoxy groups -OCH3 is 2. The summed E-state index contributed by atoms with van der Waals surface area (Å²) in [4.78, 5) is 13.6. The number of rotatable bonds is 10. The second kappa shape index (κ2) is 12.2. The highest BCUT2D eigenvalue weighted by molar-refractivity contribution is 6.02. The minimum absolute atomic E-state index is 0.0556. The predicted molar refractivity (Wildman–Crippen MR) is 162 cm³/mol. The van der Waals surface area contributed by atoms with E-state index in [0.717, 1.165) is 16.9 Å². The maximum Gasteiger partial charge on any atom is 0.170 e. The van der Waals surface area contributed by atoms with Crippen LogP contribution >= 0.6 is 0 Å². The minimum atomic E-state index is -0.473. The Balaban J connectivity index is 1.53. The van der Waals surface area contributed by atoms with E-state index in [0.29, 0.717) is 35.5 Å². The Bertz CT molecular complexity index is 1630. The van der Waals surface area contributed by atoms with E-state index < -0.39 is 5.92 Å². The van der Waals surface area contributed by atoms with E-state index >= 15 is 0 Å². The van der Waals surface area contributed by atoms with E-state index in [1.807, 2.05) is 36.4 Å². The first-order valence-corrected chi connectivity index (χ1v) is 14.2. The van der Waals surface area contributed by atoms with Gasteiger partial charge in [-0.2, -0.15) is 0 Å². The summed E-state index contributed by atoms with van der Waals surface area (Å²) in [5, 5.41) is 42.2. The molecule has 0 radical (unpaired) electrons. The van der Waals surface area contributed by atoms with Gasteiger partial charge < -0.3 is 34.6 Å². The second-order valence-corrected chi connectivity index (χ2v) is 11.1. The van der Waals surface area contributed by atoms with Crippen LogP contribution in [0.15, 0.2) is 66.7 Å². The average molecular weight is 585 g/mol. The van der Waals surface area contributed by atoms with Crippen molar-refractivity contribution >= 4 is 5.78 Å². The molecule has 0 aliphatic carbocycles. The normalized spacial score (nSPS) is 15.0. The molecule has 4 N–H and O–H groups in total. The Morgan fingerprint density at radius 3 is 2.19 bits per heavy atom. The van der Waals surface area contributed by atoms with E-state index in [1.165, 1.54) is 19.2 Å². The first-order chi connectivity index (χ1) is 20.6. The number of aromatic hydroxyl groups is 4. The number of hydrogen-bond acceptors (Lipinski definition) is 8. The summed E-state index contributed by atoms with van der Waals surface area (Å²) >= 11 is 0. The largest absolute Gasteiger partial charge is 0.508 e. The monoisotopic (exact) mass is 584 g/mol. The third-order valence-corrected chi connectivity index (χ3v) is 8.50. The van der Waals surface area contributed by atoms with Crippen LogP contribution in [0.25, 0.3) is 0 Å². The number of phenolic OH excluding ortho intramolecular Hbond substituents is 4. The lowest BCUT2D eigenvalue weighted by molar-refractivity contribution is 0.0976. The van der Waals surface area contributed by atoms with Crippen molar-refractivity contribution in [1.82, 2.24) is 0 Å². The molecule has 3 atom stereocenters. The van der Waals surface area contributed by atoms with Crippen molar-refractivity contribution < 1.29 is 39.4 Å². The van der Waals surface area contributed by atoms with Gasteiger partial charge in [-0.25, -0.2) is 0 Å². The summed E-state index contributed by atoms with van der Waals surface area (Å²) in [6.07, 6.45) is 1.12. The van der Waals surface area contributed by atoms with Crippen molar-refractivity contribution in [3.63, 3.8) is 0 Å².